The normalized spacial score (nSPS) is 14.1. The Morgan fingerprint density at radius 2 is 1.35 bits per heavy atom. The van der Waals surface area contributed by atoms with Crippen molar-refractivity contribution >= 4 is 5.97 Å². The van der Waals surface area contributed by atoms with Crippen LogP contribution in [0.3, 0.4) is 0 Å². The van der Waals surface area contributed by atoms with Crippen LogP contribution in [0.15, 0.2) is 0 Å². The second kappa shape index (κ2) is 15.0. The van der Waals surface area contributed by atoms with Crippen molar-refractivity contribution in [2.75, 3.05) is 6.61 Å². The molecule has 0 amide bonds. The summed E-state index contributed by atoms with van der Waals surface area (Å²) in [5.74, 6) is 1.09. The van der Waals surface area contributed by atoms with E-state index in [1.165, 1.54) is 89.9 Å². The lowest BCUT2D eigenvalue weighted by Gasteiger charge is -2.05. The number of hydrogen-bond donors (Lipinski definition) is 0. The summed E-state index contributed by atoms with van der Waals surface area (Å²) in [4.78, 5) is 11.6. The van der Waals surface area contributed by atoms with E-state index in [0.717, 1.165) is 18.8 Å². The van der Waals surface area contributed by atoms with E-state index >= 15 is 0 Å². The van der Waals surface area contributed by atoms with Gasteiger partial charge in [0.25, 0.3) is 0 Å². The summed E-state index contributed by atoms with van der Waals surface area (Å²) < 4.78 is 5.32. The highest BCUT2D eigenvalue weighted by Gasteiger charge is 2.19. The van der Waals surface area contributed by atoms with E-state index in [4.69, 9.17) is 4.74 Å². The molecule has 0 saturated heterocycles. The van der Waals surface area contributed by atoms with Crippen LogP contribution in [-0.2, 0) is 9.53 Å². The molecule has 0 radical (unpaired) electrons. The molecule has 136 valence electrons. The Morgan fingerprint density at radius 1 is 0.783 bits per heavy atom. The number of hydrogen-bond acceptors (Lipinski definition) is 2. The zero-order chi connectivity index (χ0) is 16.6. The molecular formula is C21H40O2. The van der Waals surface area contributed by atoms with Gasteiger partial charge >= 0.3 is 5.97 Å². The third-order valence-electron chi connectivity index (χ3n) is 4.95. The zero-order valence-electron chi connectivity index (χ0n) is 15.6. The van der Waals surface area contributed by atoms with Crippen molar-refractivity contribution in [3.8, 4) is 0 Å². The molecule has 0 aromatic rings. The number of esters is 1. The Morgan fingerprint density at radius 3 is 2.00 bits per heavy atom. The number of unbranched alkanes of at least 4 members (excludes halogenated alkanes) is 11. The minimum atomic E-state index is 0.0183. The molecule has 2 heteroatoms. The van der Waals surface area contributed by atoms with E-state index < -0.39 is 0 Å². The lowest BCUT2D eigenvalue weighted by atomic mass is 10.1. The highest BCUT2D eigenvalue weighted by atomic mass is 16.5. The first-order chi connectivity index (χ1) is 11.3. The quantitative estimate of drug-likeness (QED) is 0.217. The second-order valence-electron chi connectivity index (χ2n) is 7.45. The number of ether oxygens (including phenoxy) is 1. The first-order valence-corrected chi connectivity index (χ1v) is 10.5. The topological polar surface area (TPSA) is 26.3 Å². The summed E-state index contributed by atoms with van der Waals surface area (Å²) in [6, 6.07) is 0. The molecule has 0 N–H and O–H groups in total. The molecule has 0 atom stereocenters. The molecule has 1 saturated carbocycles. The standard InChI is InChI=1S/C21H40O2/c1-2-3-4-5-6-7-10-13-16-21(22)23-19-14-11-8-9-12-15-20-17-18-20/h20H,2-19H2,1H3. The zero-order valence-corrected chi connectivity index (χ0v) is 15.6. The molecule has 2 nitrogen and oxygen atoms in total. The SMILES string of the molecule is CCCCCCCCCCC(=O)OCCCCCCCC1CC1. The Hall–Kier alpha value is -0.530. The molecule has 0 aromatic heterocycles. The first kappa shape index (κ1) is 20.5. The van der Waals surface area contributed by atoms with E-state index in [9.17, 15) is 4.79 Å². The molecule has 1 aliphatic carbocycles. The third-order valence-corrected chi connectivity index (χ3v) is 4.95. The average Bonchev–Trinajstić information content (AvgIpc) is 3.37. The van der Waals surface area contributed by atoms with Crippen LogP contribution >= 0.6 is 0 Å². The fourth-order valence-electron chi connectivity index (χ4n) is 3.13. The van der Waals surface area contributed by atoms with Crippen LogP contribution in [0, 0.1) is 5.92 Å². The predicted molar refractivity (Wildman–Crippen MR) is 98.6 cm³/mol. The van der Waals surface area contributed by atoms with Crippen LogP contribution in [-0.4, -0.2) is 12.6 Å². The van der Waals surface area contributed by atoms with Crippen molar-refractivity contribution in [3.63, 3.8) is 0 Å². The van der Waals surface area contributed by atoms with Crippen molar-refractivity contribution in [1.82, 2.24) is 0 Å². The maximum absolute atomic E-state index is 11.6. The van der Waals surface area contributed by atoms with Gasteiger partial charge in [0.2, 0.25) is 0 Å². The fourth-order valence-corrected chi connectivity index (χ4v) is 3.13. The van der Waals surface area contributed by atoms with Crippen molar-refractivity contribution in [3.05, 3.63) is 0 Å². The van der Waals surface area contributed by atoms with E-state index in [0.29, 0.717) is 13.0 Å². The predicted octanol–water partition coefficient (Wildman–Crippen LogP) is 6.81. The summed E-state index contributed by atoms with van der Waals surface area (Å²) in [5.41, 5.74) is 0. The molecule has 23 heavy (non-hydrogen) atoms. The van der Waals surface area contributed by atoms with Crippen LogP contribution in [0.1, 0.15) is 116 Å². The van der Waals surface area contributed by atoms with Gasteiger partial charge in [0, 0.05) is 6.42 Å². The van der Waals surface area contributed by atoms with Crippen molar-refractivity contribution < 1.29 is 9.53 Å². The minimum absolute atomic E-state index is 0.0183. The first-order valence-electron chi connectivity index (χ1n) is 10.5. The molecule has 1 aliphatic rings. The molecular weight excluding hydrogens is 284 g/mol. The Balaban J connectivity index is 1.70. The second-order valence-corrected chi connectivity index (χ2v) is 7.45. The summed E-state index contributed by atoms with van der Waals surface area (Å²) in [6.45, 7) is 2.89. The van der Waals surface area contributed by atoms with E-state index in [1.807, 2.05) is 0 Å². The highest BCUT2D eigenvalue weighted by molar-refractivity contribution is 5.69. The number of rotatable bonds is 17. The van der Waals surface area contributed by atoms with E-state index in [-0.39, 0.29) is 5.97 Å². The monoisotopic (exact) mass is 324 g/mol. The van der Waals surface area contributed by atoms with Gasteiger partial charge in [-0.05, 0) is 18.8 Å². The largest absolute Gasteiger partial charge is 0.466 e. The van der Waals surface area contributed by atoms with Crippen LogP contribution < -0.4 is 0 Å². The van der Waals surface area contributed by atoms with E-state index in [1.54, 1.807) is 0 Å². The van der Waals surface area contributed by atoms with Crippen molar-refractivity contribution in [2.24, 2.45) is 5.92 Å². The van der Waals surface area contributed by atoms with Gasteiger partial charge in [-0.1, -0.05) is 96.8 Å². The van der Waals surface area contributed by atoms with Crippen LogP contribution in [0.5, 0.6) is 0 Å². The summed E-state index contributed by atoms with van der Waals surface area (Å²) in [5, 5.41) is 0. The van der Waals surface area contributed by atoms with Gasteiger partial charge in [-0.15, -0.1) is 0 Å². The Bertz CT molecular complexity index is 271. The number of carbonyl (C=O) groups excluding carboxylic acids is 1. The molecule has 1 fully saturated rings. The smallest absolute Gasteiger partial charge is 0.305 e. The van der Waals surface area contributed by atoms with Crippen molar-refractivity contribution in [2.45, 2.75) is 116 Å². The maximum Gasteiger partial charge on any atom is 0.305 e. The molecule has 0 aliphatic heterocycles. The average molecular weight is 325 g/mol. The summed E-state index contributed by atoms with van der Waals surface area (Å²) in [7, 11) is 0. The van der Waals surface area contributed by atoms with Crippen LogP contribution in [0.4, 0.5) is 0 Å². The number of carbonyl (C=O) groups is 1. The summed E-state index contributed by atoms with van der Waals surface area (Å²) in [6.07, 6.45) is 21.6. The van der Waals surface area contributed by atoms with Gasteiger partial charge in [-0.25, -0.2) is 0 Å². The van der Waals surface area contributed by atoms with Gasteiger partial charge in [0.1, 0.15) is 0 Å². The highest BCUT2D eigenvalue weighted by Crippen LogP contribution is 2.34. The van der Waals surface area contributed by atoms with Gasteiger partial charge in [0.05, 0.1) is 6.61 Å². The van der Waals surface area contributed by atoms with Crippen LogP contribution in [0.2, 0.25) is 0 Å². The van der Waals surface area contributed by atoms with Gasteiger partial charge < -0.3 is 4.74 Å². The molecule has 0 aromatic carbocycles. The van der Waals surface area contributed by atoms with Gasteiger partial charge in [-0.2, -0.15) is 0 Å². The van der Waals surface area contributed by atoms with Crippen LogP contribution in [0.25, 0.3) is 0 Å². The van der Waals surface area contributed by atoms with Gasteiger partial charge in [0.15, 0.2) is 0 Å². The maximum atomic E-state index is 11.6. The Labute approximate surface area is 144 Å². The lowest BCUT2D eigenvalue weighted by Crippen LogP contribution is -2.05. The molecule has 0 spiro atoms. The molecule has 0 bridgehead atoms. The van der Waals surface area contributed by atoms with Gasteiger partial charge in [-0.3, -0.25) is 4.79 Å². The lowest BCUT2D eigenvalue weighted by molar-refractivity contribution is -0.143. The van der Waals surface area contributed by atoms with Crippen molar-refractivity contribution in [1.29, 1.82) is 0 Å². The fraction of sp³-hybridized carbons (Fsp3) is 0.952. The summed E-state index contributed by atoms with van der Waals surface area (Å²) >= 11 is 0. The van der Waals surface area contributed by atoms with E-state index in [2.05, 4.69) is 6.92 Å². The third kappa shape index (κ3) is 14.8. The minimum Gasteiger partial charge on any atom is -0.466 e. The Kier molecular flexibility index (Phi) is 13.4. The molecule has 1 rings (SSSR count). The molecule has 0 unspecified atom stereocenters. The molecule has 0 heterocycles.